The first-order chi connectivity index (χ1) is 5.96. The molecular formula is C9H9F3O. The molecule has 0 amide bonds. The molecule has 0 unspecified atom stereocenters. The van der Waals surface area contributed by atoms with Crippen molar-refractivity contribution in [3.63, 3.8) is 0 Å². The van der Waals surface area contributed by atoms with Gasteiger partial charge < -0.3 is 5.11 Å². The van der Waals surface area contributed by atoms with E-state index in [1.54, 1.807) is 6.92 Å². The number of aromatic hydroxyl groups is 1. The summed E-state index contributed by atoms with van der Waals surface area (Å²) in [5.41, 5.74) is -0.801. The first-order valence-corrected chi connectivity index (χ1v) is 3.85. The summed E-state index contributed by atoms with van der Waals surface area (Å²) in [6.45, 7) is 1.62. The van der Waals surface area contributed by atoms with Crippen LogP contribution in [-0.4, -0.2) is 5.11 Å². The number of alkyl halides is 3. The lowest BCUT2D eigenvalue weighted by Gasteiger charge is -2.12. The van der Waals surface area contributed by atoms with E-state index in [0.717, 1.165) is 6.07 Å². The van der Waals surface area contributed by atoms with E-state index < -0.39 is 17.5 Å². The fourth-order valence-corrected chi connectivity index (χ4v) is 1.21. The molecule has 72 valence electrons. The fraction of sp³-hybridized carbons (Fsp3) is 0.333. The monoisotopic (exact) mass is 190 g/mol. The van der Waals surface area contributed by atoms with E-state index in [1.807, 2.05) is 0 Å². The van der Waals surface area contributed by atoms with Crippen LogP contribution in [0.15, 0.2) is 18.2 Å². The maximum absolute atomic E-state index is 12.3. The molecule has 0 saturated heterocycles. The van der Waals surface area contributed by atoms with Crippen LogP contribution in [0.2, 0.25) is 0 Å². The number of benzene rings is 1. The summed E-state index contributed by atoms with van der Waals surface area (Å²) < 4.78 is 37.0. The highest BCUT2D eigenvalue weighted by atomic mass is 19.4. The minimum atomic E-state index is -4.48. The van der Waals surface area contributed by atoms with Gasteiger partial charge in [0.25, 0.3) is 0 Å². The largest absolute Gasteiger partial charge is 0.507 e. The van der Waals surface area contributed by atoms with Crippen LogP contribution in [0.1, 0.15) is 18.1 Å². The van der Waals surface area contributed by atoms with Crippen LogP contribution in [-0.2, 0) is 12.6 Å². The third-order valence-electron chi connectivity index (χ3n) is 1.79. The standard InChI is InChI=1S/C9H9F3O/c1-2-6-4-3-5-7(13)8(6)9(10,11)12/h3-5,13H,2H2,1H3. The van der Waals surface area contributed by atoms with Crippen LogP contribution in [0, 0.1) is 0 Å². The van der Waals surface area contributed by atoms with E-state index in [1.165, 1.54) is 12.1 Å². The number of hydrogen-bond donors (Lipinski definition) is 1. The molecule has 0 fully saturated rings. The topological polar surface area (TPSA) is 20.2 Å². The smallest absolute Gasteiger partial charge is 0.420 e. The molecule has 1 rings (SSSR count). The second kappa shape index (κ2) is 3.28. The second-order valence-electron chi connectivity index (χ2n) is 2.66. The highest BCUT2D eigenvalue weighted by molar-refractivity contribution is 5.41. The van der Waals surface area contributed by atoms with Crippen molar-refractivity contribution >= 4 is 0 Å². The van der Waals surface area contributed by atoms with Crippen LogP contribution < -0.4 is 0 Å². The minimum absolute atomic E-state index is 0.118. The first kappa shape index (κ1) is 9.89. The number of halogens is 3. The van der Waals surface area contributed by atoms with Gasteiger partial charge in [-0.05, 0) is 18.1 Å². The molecule has 0 radical (unpaired) electrons. The summed E-state index contributed by atoms with van der Waals surface area (Å²) >= 11 is 0. The number of aryl methyl sites for hydroxylation is 1. The molecule has 1 N–H and O–H groups in total. The molecule has 13 heavy (non-hydrogen) atoms. The van der Waals surface area contributed by atoms with Gasteiger partial charge in [-0.1, -0.05) is 19.1 Å². The van der Waals surface area contributed by atoms with Crippen molar-refractivity contribution in [2.45, 2.75) is 19.5 Å². The van der Waals surface area contributed by atoms with E-state index in [4.69, 9.17) is 5.11 Å². The molecule has 0 aromatic heterocycles. The Hall–Kier alpha value is -1.19. The normalized spacial score (nSPS) is 11.7. The van der Waals surface area contributed by atoms with E-state index in [9.17, 15) is 13.2 Å². The molecule has 0 aliphatic heterocycles. The molecular weight excluding hydrogens is 181 g/mol. The molecule has 1 aromatic rings. The van der Waals surface area contributed by atoms with Gasteiger partial charge in [-0.2, -0.15) is 13.2 Å². The lowest BCUT2D eigenvalue weighted by Crippen LogP contribution is -2.08. The van der Waals surface area contributed by atoms with Crippen LogP contribution in [0.4, 0.5) is 13.2 Å². The Bertz CT molecular complexity index is 304. The zero-order valence-corrected chi connectivity index (χ0v) is 7.02. The Balaban J connectivity index is 3.32. The number of hydrogen-bond acceptors (Lipinski definition) is 1. The highest BCUT2D eigenvalue weighted by Gasteiger charge is 2.35. The molecule has 0 bridgehead atoms. The van der Waals surface area contributed by atoms with Gasteiger partial charge in [0.05, 0.1) is 0 Å². The molecule has 1 nitrogen and oxygen atoms in total. The van der Waals surface area contributed by atoms with Gasteiger partial charge in [0, 0.05) is 0 Å². The average Bonchev–Trinajstić information content (AvgIpc) is 2.01. The molecule has 0 spiro atoms. The number of rotatable bonds is 1. The quantitative estimate of drug-likeness (QED) is 0.721. The second-order valence-corrected chi connectivity index (χ2v) is 2.66. The van der Waals surface area contributed by atoms with Crippen LogP contribution >= 0.6 is 0 Å². The molecule has 0 aliphatic carbocycles. The highest BCUT2D eigenvalue weighted by Crippen LogP contribution is 2.38. The average molecular weight is 190 g/mol. The van der Waals surface area contributed by atoms with Crippen molar-refractivity contribution < 1.29 is 18.3 Å². The fourth-order valence-electron chi connectivity index (χ4n) is 1.21. The Morgan fingerprint density at radius 2 is 1.92 bits per heavy atom. The van der Waals surface area contributed by atoms with E-state index in [0.29, 0.717) is 0 Å². The molecule has 0 atom stereocenters. The molecule has 1 aromatic carbocycles. The Morgan fingerprint density at radius 1 is 1.31 bits per heavy atom. The van der Waals surface area contributed by atoms with Gasteiger partial charge in [-0.15, -0.1) is 0 Å². The van der Waals surface area contributed by atoms with Crippen molar-refractivity contribution in [3.8, 4) is 5.75 Å². The van der Waals surface area contributed by atoms with E-state index in [-0.39, 0.29) is 12.0 Å². The zero-order chi connectivity index (χ0) is 10.1. The van der Waals surface area contributed by atoms with Gasteiger partial charge in [-0.3, -0.25) is 0 Å². The van der Waals surface area contributed by atoms with Gasteiger partial charge in [0.1, 0.15) is 11.3 Å². The summed E-state index contributed by atoms with van der Waals surface area (Å²) in [4.78, 5) is 0. The van der Waals surface area contributed by atoms with Crippen molar-refractivity contribution in [2.75, 3.05) is 0 Å². The maximum Gasteiger partial charge on any atom is 0.420 e. The van der Waals surface area contributed by atoms with E-state index in [2.05, 4.69) is 0 Å². The molecule has 4 heteroatoms. The van der Waals surface area contributed by atoms with Gasteiger partial charge >= 0.3 is 6.18 Å². The van der Waals surface area contributed by atoms with Crippen molar-refractivity contribution in [1.82, 2.24) is 0 Å². The predicted octanol–water partition coefficient (Wildman–Crippen LogP) is 2.97. The van der Waals surface area contributed by atoms with Gasteiger partial charge in [0.2, 0.25) is 0 Å². The Labute approximate surface area is 73.8 Å². The van der Waals surface area contributed by atoms with Crippen molar-refractivity contribution in [3.05, 3.63) is 29.3 Å². The number of phenols is 1. The number of phenolic OH excluding ortho intramolecular Hbond substituents is 1. The van der Waals surface area contributed by atoms with Crippen molar-refractivity contribution in [1.29, 1.82) is 0 Å². The summed E-state index contributed by atoms with van der Waals surface area (Å²) in [5.74, 6) is -0.702. The maximum atomic E-state index is 12.3. The zero-order valence-electron chi connectivity index (χ0n) is 7.02. The third kappa shape index (κ3) is 1.94. The Kier molecular flexibility index (Phi) is 2.50. The van der Waals surface area contributed by atoms with Gasteiger partial charge in [-0.25, -0.2) is 0 Å². The van der Waals surface area contributed by atoms with E-state index >= 15 is 0 Å². The van der Waals surface area contributed by atoms with Crippen molar-refractivity contribution in [2.24, 2.45) is 0 Å². The molecule has 0 saturated carbocycles. The summed E-state index contributed by atoms with van der Waals surface area (Å²) in [6.07, 6.45) is -4.22. The minimum Gasteiger partial charge on any atom is -0.507 e. The summed E-state index contributed by atoms with van der Waals surface area (Å²) in [7, 11) is 0. The first-order valence-electron chi connectivity index (χ1n) is 3.85. The third-order valence-corrected chi connectivity index (χ3v) is 1.79. The molecule has 0 heterocycles. The summed E-state index contributed by atoms with van der Waals surface area (Å²) in [6, 6.07) is 3.81. The Morgan fingerprint density at radius 3 is 2.31 bits per heavy atom. The molecule has 0 aliphatic rings. The predicted molar refractivity (Wildman–Crippen MR) is 42.5 cm³/mol. The van der Waals surface area contributed by atoms with Crippen LogP contribution in [0.25, 0.3) is 0 Å². The lowest BCUT2D eigenvalue weighted by atomic mass is 10.0. The van der Waals surface area contributed by atoms with Crippen LogP contribution in [0.5, 0.6) is 5.75 Å². The van der Waals surface area contributed by atoms with Crippen LogP contribution in [0.3, 0.4) is 0 Å². The summed E-state index contributed by atoms with van der Waals surface area (Å²) in [5, 5.41) is 9.04. The lowest BCUT2D eigenvalue weighted by molar-refractivity contribution is -0.139. The van der Waals surface area contributed by atoms with Gasteiger partial charge in [0.15, 0.2) is 0 Å². The SMILES string of the molecule is CCc1cccc(O)c1C(F)(F)F.